The van der Waals surface area contributed by atoms with Gasteiger partial charge in [0.15, 0.2) is 0 Å². The second kappa shape index (κ2) is 3.56. The third kappa shape index (κ3) is 1.86. The molecule has 0 radical (unpaired) electrons. The summed E-state index contributed by atoms with van der Waals surface area (Å²) < 4.78 is 13.4. The van der Waals surface area contributed by atoms with Crippen molar-refractivity contribution in [3.63, 3.8) is 0 Å². The first-order chi connectivity index (χ1) is 6.04. The lowest BCUT2D eigenvalue weighted by atomic mass is 10.00. The molecule has 1 N–H and O–H groups in total. The monoisotopic (exact) mass is 182 g/mol. The van der Waals surface area contributed by atoms with Crippen molar-refractivity contribution in [1.82, 2.24) is 0 Å². The molecule has 0 aliphatic rings. The van der Waals surface area contributed by atoms with Gasteiger partial charge < -0.3 is 5.11 Å². The van der Waals surface area contributed by atoms with Gasteiger partial charge in [-0.25, -0.2) is 9.18 Å². The summed E-state index contributed by atoms with van der Waals surface area (Å²) in [4.78, 5) is 10.6. The Morgan fingerprint density at radius 1 is 1.46 bits per heavy atom. The molecule has 0 aromatic heterocycles. The third-order valence-corrected chi connectivity index (χ3v) is 1.88. The molecule has 0 heterocycles. The van der Waals surface area contributed by atoms with Gasteiger partial charge in [0.05, 0.1) is 5.56 Å². The third-order valence-electron chi connectivity index (χ3n) is 1.88. The van der Waals surface area contributed by atoms with Gasteiger partial charge in [0.2, 0.25) is 0 Å². The summed E-state index contributed by atoms with van der Waals surface area (Å²) in [5.41, 5.74) is 0.186. The van der Waals surface area contributed by atoms with Gasteiger partial charge in [-0.3, -0.25) is 0 Å². The van der Waals surface area contributed by atoms with E-state index in [1.54, 1.807) is 12.1 Å². The van der Waals surface area contributed by atoms with Crippen LogP contribution in [0.15, 0.2) is 18.2 Å². The van der Waals surface area contributed by atoms with Crippen LogP contribution in [0.2, 0.25) is 0 Å². The van der Waals surface area contributed by atoms with E-state index >= 15 is 0 Å². The van der Waals surface area contributed by atoms with Gasteiger partial charge in [0.1, 0.15) is 5.82 Å². The maximum absolute atomic E-state index is 13.4. The summed E-state index contributed by atoms with van der Waals surface area (Å²) in [7, 11) is 0. The van der Waals surface area contributed by atoms with Gasteiger partial charge in [-0.05, 0) is 17.5 Å². The maximum atomic E-state index is 13.4. The molecule has 0 atom stereocenters. The van der Waals surface area contributed by atoms with Crippen molar-refractivity contribution < 1.29 is 14.3 Å². The van der Waals surface area contributed by atoms with Crippen molar-refractivity contribution in [3.8, 4) is 0 Å². The Bertz CT molecular complexity index is 332. The summed E-state index contributed by atoms with van der Waals surface area (Å²) in [6, 6.07) is 4.43. The van der Waals surface area contributed by atoms with Gasteiger partial charge >= 0.3 is 5.97 Å². The van der Waals surface area contributed by atoms with E-state index in [-0.39, 0.29) is 11.5 Å². The Hall–Kier alpha value is -1.38. The SMILES string of the molecule is CC(C)c1cccc(C(=O)O)c1F. The minimum Gasteiger partial charge on any atom is -0.478 e. The highest BCUT2D eigenvalue weighted by atomic mass is 19.1. The summed E-state index contributed by atoms with van der Waals surface area (Å²) >= 11 is 0. The van der Waals surface area contributed by atoms with Gasteiger partial charge in [0, 0.05) is 0 Å². The van der Waals surface area contributed by atoms with E-state index in [4.69, 9.17) is 5.11 Å². The fraction of sp³-hybridized carbons (Fsp3) is 0.300. The smallest absolute Gasteiger partial charge is 0.338 e. The Morgan fingerprint density at radius 2 is 2.08 bits per heavy atom. The summed E-state index contributed by atoms with van der Waals surface area (Å²) in [6.07, 6.45) is 0. The van der Waals surface area contributed by atoms with E-state index in [1.165, 1.54) is 6.07 Å². The first-order valence-electron chi connectivity index (χ1n) is 4.05. The van der Waals surface area contributed by atoms with Crippen LogP contribution in [-0.4, -0.2) is 11.1 Å². The molecule has 2 nitrogen and oxygen atoms in total. The number of aromatic carboxylic acids is 1. The van der Waals surface area contributed by atoms with Crippen LogP contribution < -0.4 is 0 Å². The van der Waals surface area contributed by atoms with Crippen molar-refractivity contribution in [2.45, 2.75) is 19.8 Å². The molecule has 0 amide bonds. The van der Waals surface area contributed by atoms with Crippen LogP contribution in [0.1, 0.15) is 35.7 Å². The predicted octanol–water partition coefficient (Wildman–Crippen LogP) is 2.65. The first-order valence-corrected chi connectivity index (χ1v) is 4.05. The molecule has 0 aliphatic heterocycles. The van der Waals surface area contributed by atoms with Gasteiger partial charge in [-0.15, -0.1) is 0 Å². The molecule has 0 saturated heterocycles. The van der Waals surface area contributed by atoms with Crippen LogP contribution in [0.5, 0.6) is 0 Å². The summed E-state index contributed by atoms with van der Waals surface area (Å²) in [5.74, 6) is -1.84. The lowest BCUT2D eigenvalue weighted by Crippen LogP contribution is -2.04. The molecule has 3 heteroatoms. The number of benzene rings is 1. The van der Waals surface area contributed by atoms with E-state index < -0.39 is 11.8 Å². The summed E-state index contributed by atoms with van der Waals surface area (Å²) in [6.45, 7) is 3.65. The molecule has 0 fully saturated rings. The molecular formula is C10H11FO2. The standard InChI is InChI=1S/C10H11FO2/c1-6(2)7-4-3-5-8(9(7)11)10(12)13/h3-6H,1-2H3,(H,12,13). The van der Waals surface area contributed by atoms with Crippen LogP contribution in [0.3, 0.4) is 0 Å². The average molecular weight is 182 g/mol. The Kier molecular flexibility index (Phi) is 2.66. The predicted molar refractivity (Wildman–Crippen MR) is 47.4 cm³/mol. The molecule has 70 valence electrons. The Morgan fingerprint density at radius 3 is 2.54 bits per heavy atom. The fourth-order valence-electron chi connectivity index (χ4n) is 1.16. The van der Waals surface area contributed by atoms with E-state index in [9.17, 15) is 9.18 Å². The van der Waals surface area contributed by atoms with Crippen LogP contribution in [-0.2, 0) is 0 Å². The van der Waals surface area contributed by atoms with Crippen molar-refractivity contribution in [3.05, 3.63) is 35.1 Å². The zero-order chi connectivity index (χ0) is 10.0. The number of halogens is 1. The highest BCUT2D eigenvalue weighted by Crippen LogP contribution is 2.20. The zero-order valence-corrected chi connectivity index (χ0v) is 7.54. The van der Waals surface area contributed by atoms with Crippen molar-refractivity contribution >= 4 is 5.97 Å². The minimum atomic E-state index is -1.22. The Balaban J connectivity index is 3.26. The number of carbonyl (C=O) groups is 1. The van der Waals surface area contributed by atoms with Crippen molar-refractivity contribution in [1.29, 1.82) is 0 Å². The summed E-state index contributed by atoms with van der Waals surface area (Å²) in [5, 5.41) is 8.63. The average Bonchev–Trinajstić information content (AvgIpc) is 2.03. The van der Waals surface area contributed by atoms with E-state index in [0.29, 0.717) is 5.56 Å². The van der Waals surface area contributed by atoms with E-state index in [1.807, 2.05) is 13.8 Å². The normalized spacial score (nSPS) is 10.5. The molecule has 1 aromatic carbocycles. The maximum Gasteiger partial charge on any atom is 0.338 e. The van der Waals surface area contributed by atoms with Crippen LogP contribution in [0.25, 0.3) is 0 Å². The second-order valence-corrected chi connectivity index (χ2v) is 3.17. The molecule has 13 heavy (non-hydrogen) atoms. The van der Waals surface area contributed by atoms with Crippen LogP contribution in [0, 0.1) is 5.82 Å². The second-order valence-electron chi connectivity index (χ2n) is 3.17. The lowest BCUT2D eigenvalue weighted by molar-refractivity contribution is 0.0691. The molecule has 0 unspecified atom stereocenters. The fourth-order valence-corrected chi connectivity index (χ4v) is 1.16. The minimum absolute atomic E-state index is 0.000648. The number of carboxylic acid groups (broad SMARTS) is 1. The first kappa shape index (κ1) is 9.71. The lowest BCUT2D eigenvalue weighted by Gasteiger charge is -2.07. The zero-order valence-electron chi connectivity index (χ0n) is 7.54. The van der Waals surface area contributed by atoms with Gasteiger partial charge in [-0.1, -0.05) is 26.0 Å². The molecular weight excluding hydrogens is 171 g/mol. The number of carboxylic acids is 1. The topological polar surface area (TPSA) is 37.3 Å². The highest BCUT2D eigenvalue weighted by molar-refractivity contribution is 5.88. The van der Waals surface area contributed by atoms with Crippen molar-refractivity contribution in [2.75, 3.05) is 0 Å². The number of rotatable bonds is 2. The van der Waals surface area contributed by atoms with E-state index in [2.05, 4.69) is 0 Å². The number of hydrogen-bond acceptors (Lipinski definition) is 1. The largest absolute Gasteiger partial charge is 0.478 e. The quantitative estimate of drug-likeness (QED) is 0.763. The highest BCUT2D eigenvalue weighted by Gasteiger charge is 2.14. The number of hydrogen-bond donors (Lipinski definition) is 1. The van der Waals surface area contributed by atoms with Crippen molar-refractivity contribution in [2.24, 2.45) is 0 Å². The molecule has 0 bridgehead atoms. The molecule has 1 aromatic rings. The molecule has 1 rings (SSSR count). The van der Waals surface area contributed by atoms with Gasteiger partial charge in [-0.2, -0.15) is 0 Å². The molecule has 0 aliphatic carbocycles. The van der Waals surface area contributed by atoms with Crippen LogP contribution >= 0.6 is 0 Å². The Labute approximate surface area is 76.0 Å². The molecule has 0 saturated carbocycles. The van der Waals surface area contributed by atoms with Crippen LogP contribution in [0.4, 0.5) is 4.39 Å². The van der Waals surface area contributed by atoms with Gasteiger partial charge in [0.25, 0.3) is 0 Å². The van der Waals surface area contributed by atoms with E-state index in [0.717, 1.165) is 0 Å². The molecule has 0 spiro atoms.